The van der Waals surface area contributed by atoms with Gasteiger partial charge in [0, 0.05) is 11.4 Å². The number of carbonyl (C=O) groups excluding carboxylic acids is 2. The molecule has 28 heavy (non-hydrogen) atoms. The Kier molecular flexibility index (Phi) is 6.58. The van der Waals surface area contributed by atoms with Crippen molar-refractivity contribution in [3.8, 4) is 0 Å². The summed E-state index contributed by atoms with van der Waals surface area (Å²) in [5.74, 6) is -1.28. The highest BCUT2D eigenvalue weighted by molar-refractivity contribution is 9.11. The van der Waals surface area contributed by atoms with Gasteiger partial charge in [-0.15, -0.1) is 11.3 Å². The number of nitrogens with zero attached hydrogens (tertiary/aromatic N) is 1. The van der Waals surface area contributed by atoms with Crippen molar-refractivity contribution < 1.29 is 27.2 Å². The van der Waals surface area contributed by atoms with E-state index >= 15 is 0 Å². The molecular formula is C17H19BrN2O6S2. The first-order chi connectivity index (χ1) is 13.3. The molecule has 1 aliphatic rings. The normalized spacial score (nSPS) is 17.6. The van der Waals surface area contributed by atoms with Crippen LogP contribution in [0.25, 0.3) is 0 Å². The van der Waals surface area contributed by atoms with Gasteiger partial charge in [-0.25, -0.2) is 13.2 Å². The molecule has 8 nitrogen and oxygen atoms in total. The van der Waals surface area contributed by atoms with E-state index in [1.165, 1.54) is 23.5 Å². The molecule has 1 aliphatic heterocycles. The van der Waals surface area contributed by atoms with E-state index in [9.17, 15) is 18.0 Å². The molecule has 0 aromatic carbocycles. The molecule has 0 spiro atoms. The quantitative estimate of drug-likeness (QED) is 0.598. The number of rotatable bonds is 7. The summed E-state index contributed by atoms with van der Waals surface area (Å²) in [4.78, 5) is 25.2. The average Bonchev–Trinajstić information content (AvgIpc) is 3.40. The van der Waals surface area contributed by atoms with E-state index in [0.717, 1.165) is 13.0 Å². The van der Waals surface area contributed by atoms with Crippen LogP contribution in [0.5, 0.6) is 0 Å². The molecule has 11 heteroatoms. The Hall–Kier alpha value is -1.69. The van der Waals surface area contributed by atoms with Gasteiger partial charge in [0.05, 0.1) is 16.9 Å². The lowest BCUT2D eigenvalue weighted by Gasteiger charge is -2.22. The van der Waals surface area contributed by atoms with Crippen LogP contribution in [0.1, 0.15) is 35.2 Å². The van der Waals surface area contributed by atoms with Crippen LogP contribution in [0.2, 0.25) is 0 Å². The summed E-state index contributed by atoms with van der Waals surface area (Å²) in [6.45, 7) is 2.32. The lowest BCUT2D eigenvalue weighted by Crippen LogP contribution is -2.45. The summed E-state index contributed by atoms with van der Waals surface area (Å²) in [5, 5.41) is 2.41. The zero-order valence-electron chi connectivity index (χ0n) is 15.0. The van der Waals surface area contributed by atoms with Gasteiger partial charge in [-0.2, -0.15) is 4.31 Å². The van der Waals surface area contributed by atoms with Gasteiger partial charge >= 0.3 is 5.97 Å². The Labute approximate surface area is 175 Å². The minimum absolute atomic E-state index is 0.150. The third kappa shape index (κ3) is 4.48. The lowest BCUT2D eigenvalue weighted by atomic mass is 10.2. The van der Waals surface area contributed by atoms with Gasteiger partial charge in [-0.1, -0.05) is 0 Å². The van der Waals surface area contributed by atoms with Gasteiger partial charge in [0.2, 0.25) is 16.8 Å². The maximum atomic E-state index is 12.9. The average molecular weight is 491 g/mol. The second-order valence-corrected chi connectivity index (χ2v) is 10.4. The minimum Gasteiger partial charge on any atom is -0.460 e. The summed E-state index contributed by atoms with van der Waals surface area (Å²) < 4.78 is 37.9. The number of hydrogen-bond acceptors (Lipinski definition) is 7. The Balaban J connectivity index is 1.71. The van der Waals surface area contributed by atoms with Gasteiger partial charge < -0.3 is 14.5 Å². The Morgan fingerprint density at radius 1 is 1.36 bits per heavy atom. The lowest BCUT2D eigenvalue weighted by molar-refractivity contribution is -0.124. The van der Waals surface area contributed by atoms with Crippen LogP contribution in [0.15, 0.2) is 37.6 Å². The highest BCUT2D eigenvalue weighted by atomic mass is 79.9. The van der Waals surface area contributed by atoms with E-state index in [-0.39, 0.29) is 29.9 Å². The second kappa shape index (κ2) is 8.76. The Bertz CT molecular complexity index is 968. The number of hydrogen-bond donors (Lipinski definition) is 1. The van der Waals surface area contributed by atoms with Crippen LogP contribution in [-0.4, -0.2) is 43.8 Å². The molecule has 1 N–H and O–H groups in total. The number of nitrogens with one attached hydrogen (secondary N) is 1. The van der Waals surface area contributed by atoms with E-state index in [0.29, 0.717) is 19.4 Å². The number of esters is 1. The zero-order valence-corrected chi connectivity index (χ0v) is 18.2. The summed E-state index contributed by atoms with van der Waals surface area (Å²) in [5.41, 5.74) is 0. The molecule has 0 aliphatic carbocycles. The molecule has 1 unspecified atom stereocenters. The van der Waals surface area contributed by atoms with Crippen molar-refractivity contribution in [1.82, 2.24) is 9.62 Å². The molecule has 152 valence electrons. The number of sulfonamides is 1. The summed E-state index contributed by atoms with van der Waals surface area (Å²) in [6.07, 6.45) is 0.984. The molecule has 2 aromatic heterocycles. The van der Waals surface area contributed by atoms with Crippen LogP contribution >= 0.6 is 27.3 Å². The predicted octanol–water partition coefficient (Wildman–Crippen LogP) is 2.75. The van der Waals surface area contributed by atoms with E-state index < -0.39 is 22.0 Å². The van der Waals surface area contributed by atoms with Crippen molar-refractivity contribution in [3.63, 3.8) is 0 Å². The molecule has 0 bridgehead atoms. The van der Waals surface area contributed by atoms with Gasteiger partial charge in [-0.05, 0) is 60.0 Å². The number of halogens is 1. The van der Waals surface area contributed by atoms with Crippen LogP contribution in [-0.2, 0) is 26.1 Å². The van der Waals surface area contributed by atoms with Crippen LogP contribution < -0.4 is 5.32 Å². The number of ether oxygens (including phenoxy) is 1. The summed E-state index contributed by atoms with van der Waals surface area (Å²) in [6, 6.07) is 5.42. The smallest absolute Gasteiger partial charge is 0.374 e. The maximum Gasteiger partial charge on any atom is 0.374 e. The molecule has 1 fully saturated rings. The van der Waals surface area contributed by atoms with Crippen molar-refractivity contribution in [1.29, 1.82) is 0 Å². The molecular weight excluding hydrogens is 472 g/mol. The number of furan rings is 1. The Morgan fingerprint density at radius 3 is 2.82 bits per heavy atom. The number of carbonyl (C=O) groups is 2. The predicted molar refractivity (Wildman–Crippen MR) is 105 cm³/mol. The monoisotopic (exact) mass is 490 g/mol. The van der Waals surface area contributed by atoms with Gasteiger partial charge in [0.15, 0.2) is 0 Å². The van der Waals surface area contributed by atoms with Crippen molar-refractivity contribution >= 4 is 49.2 Å². The van der Waals surface area contributed by atoms with E-state index in [1.807, 2.05) is 12.1 Å². The fourth-order valence-electron chi connectivity index (χ4n) is 2.91. The highest BCUT2D eigenvalue weighted by Crippen LogP contribution is 2.28. The molecule has 1 amide bonds. The van der Waals surface area contributed by atoms with Crippen molar-refractivity contribution in [2.45, 2.75) is 37.4 Å². The van der Waals surface area contributed by atoms with E-state index in [4.69, 9.17) is 9.15 Å². The molecule has 3 heterocycles. The zero-order chi connectivity index (χ0) is 20.3. The first-order valence-electron chi connectivity index (χ1n) is 8.63. The standard InChI is InChI=1S/C17H19BrN2O6S2/c1-2-25-17(22)13-6-8-15(26-13)28(23,24)20-9-3-4-12(20)16(21)19-10-11-5-7-14(18)27-11/h5-8,12H,2-4,9-10H2,1H3,(H,19,21). The van der Waals surface area contributed by atoms with Crippen LogP contribution in [0, 0.1) is 0 Å². The highest BCUT2D eigenvalue weighted by Gasteiger charge is 2.41. The van der Waals surface area contributed by atoms with Crippen molar-refractivity contribution in [2.75, 3.05) is 13.2 Å². The Morgan fingerprint density at radius 2 is 2.14 bits per heavy atom. The SMILES string of the molecule is CCOC(=O)c1ccc(S(=O)(=O)N2CCCC2C(=O)NCc2ccc(Br)s2)o1. The van der Waals surface area contributed by atoms with Crippen LogP contribution in [0.4, 0.5) is 0 Å². The fraction of sp³-hybridized carbons (Fsp3) is 0.412. The van der Waals surface area contributed by atoms with Gasteiger partial charge in [0.25, 0.3) is 10.0 Å². The maximum absolute atomic E-state index is 12.9. The largest absolute Gasteiger partial charge is 0.460 e. The first-order valence-corrected chi connectivity index (χ1v) is 11.7. The van der Waals surface area contributed by atoms with Crippen LogP contribution in [0.3, 0.4) is 0 Å². The fourth-order valence-corrected chi connectivity index (χ4v) is 5.91. The van der Waals surface area contributed by atoms with Gasteiger partial charge in [0.1, 0.15) is 6.04 Å². The topological polar surface area (TPSA) is 106 Å². The number of thiophene rings is 1. The third-order valence-electron chi connectivity index (χ3n) is 4.19. The van der Waals surface area contributed by atoms with Crippen molar-refractivity contribution in [3.05, 3.63) is 38.7 Å². The molecule has 1 atom stereocenters. The molecule has 3 rings (SSSR count). The molecule has 0 radical (unpaired) electrons. The third-order valence-corrected chi connectivity index (χ3v) is 7.60. The second-order valence-electron chi connectivity index (χ2n) is 6.04. The summed E-state index contributed by atoms with van der Waals surface area (Å²) in [7, 11) is -4.05. The minimum atomic E-state index is -4.05. The van der Waals surface area contributed by atoms with E-state index in [2.05, 4.69) is 21.2 Å². The molecule has 0 saturated carbocycles. The first kappa shape index (κ1) is 21.0. The summed E-state index contributed by atoms with van der Waals surface area (Å²) >= 11 is 4.86. The van der Waals surface area contributed by atoms with Crippen molar-refractivity contribution in [2.24, 2.45) is 0 Å². The van der Waals surface area contributed by atoms with Gasteiger partial charge in [-0.3, -0.25) is 4.79 Å². The molecule has 1 saturated heterocycles. The number of amides is 1. The molecule has 2 aromatic rings. The van der Waals surface area contributed by atoms with E-state index in [1.54, 1.807) is 6.92 Å².